The predicted molar refractivity (Wildman–Crippen MR) is 134 cm³/mol. The van der Waals surface area contributed by atoms with Crippen molar-refractivity contribution in [3.8, 4) is 16.9 Å². The van der Waals surface area contributed by atoms with Crippen LogP contribution in [-0.2, 0) is 15.9 Å². The van der Waals surface area contributed by atoms with Crippen molar-refractivity contribution in [3.05, 3.63) is 48.0 Å². The number of anilines is 1. The van der Waals surface area contributed by atoms with Gasteiger partial charge < -0.3 is 24.0 Å². The lowest BCUT2D eigenvalue weighted by Crippen LogP contribution is -2.49. The summed E-state index contributed by atoms with van der Waals surface area (Å²) >= 11 is 0. The number of carbonyl (C=O) groups excluding carboxylic acids is 1. The van der Waals surface area contributed by atoms with E-state index in [0.717, 1.165) is 51.3 Å². The quantitative estimate of drug-likeness (QED) is 0.629. The van der Waals surface area contributed by atoms with Gasteiger partial charge in [-0.05, 0) is 46.4 Å². The van der Waals surface area contributed by atoms with Crippen LogP contribution >= 0.6 is 0 Å². The molecule has 2 aromatic rings. The van der Waals surface area contributed by atoms with E-state index < -0.39 is 0 Å². The van der Waals surface area contributed by atoms with E-state index in [1.165, 1.54) is 22.4 Å². The van der Waals surface area contributed by atoms with Gasteiger partial charge in [0, 0.05) is 51.1 Å². The lowest BCUT2D eigenvalue weighted by molar-refractivity contribution is 0.00956. The Hall–Kier alpha value is -2.73. The van der Waals surface area contributed by atoms with Crippen molar-refractivity contribution in [1.82, 2.24) is 4.90 Å². The maximum atomic E-state index is 12.4. The summed E-state index contributed by atoms with van der Waals surface area (Å²) in [6.07, 6.45) is 2.35. The van der Waals surface area contributed by atoms with Crippen LogP contribution in [0.2, 0.25) is 0 Å². The number of likely N-dealkylation sites (tertiary alicyclic amines) is 1. The number of morpholine rings is 1. The van der Waals surface area contributed by atoms with Crippen molar-refractivity contribution in [2.75, 3.05) is 50.9 Å². The average Bonchev–Trinajstić information content (AvgIpc) is 3.20. The number of hydrogen-bond acceptors (Lipinski definition) is 5. The molecule has 6 heteroatoms. The van der Waals surface area contributed by atoms with Gasteiger partial charge in [0.05, 0.1) is 19.8 Å². The van der Waals surface area contributed by atoms with Gasteiger partial charge in [-0.25, -0.2) is 4.79 Å². The molecule has 2 fully saturated rings. The van der Waals surface area contributed by atoms with Crippen LogP contribution in [-0.4, -0.2) is 62.6 Å². The molecule has 0 bridgehead atoms. The van der Waals surface area contributed by atoms with E-state index in [9.17, 15) is 4.79 Å². The van der Waals surface area contributed by atoms with Crippen molar-refractivity contribution < 1.29 is 19.0 Å². The van der Waals surface area contributed by atoms with Gasteiger partial charge in [0.15, 0.2) is 0 Å². The summed E-state index contributed by atoms with van der Waals surface area (Å²) in [5, 5.41) is 0. The van der Waals surface area contributed by atoms with Crippen LogP contribution in [0.15, 0.2) is 42.5 Å². The maximum Gasteiger partial charge on any atom is 0.409 e. The van der Waals surface area contributed by atoms with Crippen molar-refractivity contribution in [3.63, 3.8) is 0 Å². The molecule has 3 heterocycles. The summed E-state index contributed by atoms with van der Waals surface area (Å²) < 4.78 is 17.4. The van der Waals surface area contributed by atoms with Gasteiger partial charge >= 0.3 is 6.09 Å². The first-order chi connectivity index (χ1) is 16.3. The van der Waals surface area contributed by atoms with E-state index in [0.29, 0.717) is 19.7 Å². The number of nitrogens with zero attached hydrogens (tertiary/aromatic N) is 2. The Morgan fingerprint density at radius 2 is 1.65 bits per heavy atom. The fourth-order valence-corrected chi connectivity index (χ4v) is 5.04. The van der Waals surface area contributed by atoms with Crippen molar-refractivity contribution in [1.29, 1.82) is 0 Å². The normalized spacial score (nSPS) is 19.6. The Morgan fingerprint density at radius 1 is 0.971 bits per heavy atom. The molecule has 0 N–H and O–H groups in total. The van der Waals surface area contributed by atoms with Crippen LogP contribution in [0.4, 0.5) is 10.5 Å². The number of ether oxygens (including phenoxy) is 3. The van der Waals surface area contributed by atoms with Crippen LogP contribution in [0.3, 0.4) is 0 Å². The summed E-state index contributed by atoms with van der Waals surface area (Å²) in [5.74, 6) is 0.984. The van der Waals surface area contributed by atoms with E-state index in [4.69, 9.17) is 14.2 Å². The molecule has 0 saturated carbocycles. The van der Waals surface area contributed by atoms with Crippen molar-refractivity contribution >= 4 is 11.8 Å². The first-order valence-corrected chi connectivity index (χ1v) is 12.5. The molecular formula is C28H36N2O4. The molecule has 0 atom stereocenters. The molecule has 2 saturated heterocycles. The molecule has 1 amide bonds. The number of fused-ring (bicyclic) bond motifs is 1. The topological polar surface area (TPSA) is 51.2 Å². The number of carbonyl (C=O) groups is 1. The number of rotatable bonds is 3. The Labute approximate surface area is 202 Å². The van der Waals surface area contributed by atoms with E-state index in [-0.39, 0.29) is 17.1 Å². The van der Waals surface area contributed by atoms with Crippen LogP contribution in [0.25, 0.3) is 11.1 Å². The van der Waals surface area contributed by atoms with Crippen LogP contribution in [0, 0.1) is 5.41 Å². The average molecular weight is 465 g/mol. The molecule has 0 radical (unpaired) electrons. The first kappa shape index (κ1) is 23.0. The largest absolute Gasteiger partial charge is 0.487 e. The third-order valence-corrected chi connectivity index (χ3v) is 7.04. The predicted octanol–water partition coefficient (Wildman–Crippen LogP) is 5.14. The molecule has 1 spiro atoms. The second kappa shape index (κ2) is 9.14. The summed E-state index contributed by atoms with van der Waals surface area (Å²) in [6.45, 7) is 11.5. The minimum atomic E-state index is -0.206. The molecule has 0 unspecified atom stereocenters. The Bertz CT molecular complexity index is 1010. The number of amides is 1. The minimum Gasteiger partial charge on any atom is -0.487 e. The number of hydrogen-bond donors (Lipinski definition) is 0. The highest BCUT2D eigenvalue weighted by Gasteiger charge is 2.43. The molecule has 5 rings (SSSR count). The highest BCUT2D eigenvalue weighted by Crippen LogP contribution is 2.42. The molecule has 0 aliphatic carbocycles. The van der Waals surface area contributed by atoms with Gasteiger partial charge in [-0.3, -0.25) is 0 Å². The van der Waals surface area contributed by atoms with E-state index in [1.807, 2.05) is 4.90 Å². The maximum absolute atomic E-state index is 12.4. The molecular weight excluding hydrogens is 428 g/mol. The lowest BCUT2D eigenvalue weighted by atomic mass is 9.86. The third-order valence-electron chi connectivity index (χ3n) is 7.04. The molecule has 34 heavy (non-hydrogen) atoms. The molecule has 6 nitrogen and oxygen atoms in total. The second-order valence-electron chi connectivity index (χ2n) is 11.0. The zero-order chi connectivity index (χ0) is 23.8. The molecule has 182 valence electrons. The highest BCUT2D eigenvalue weighted by atomic mass is 16.6. The molecule has 3 aliphatic rings. The summed E-state index contributed by atoms with van der Waals surface area (Å²) in [6, 6.07) is 15.4. The monoisotopic (exact) mass is 464 g/mol. The first-order valence-electron chi connectivity index (χ1n) is 12.5. The lowest BCUT2D eigenvalue weighted by Gasteiger charge is -2.38. The van der Waals surface area contributed by atoms with Gasteiger partial charge in [-0.15, -0.1) is 0 Å². The van der Waals surface area contributed by atoms with E-state index >= 15 is 0 Å². The Balaban J connectivity index is 1.21. The van der Waals surface area contributed by atoms with Gasteiger partial charge in [0.1, 0.15) is 11.4 Å². The molecule has 0 aromatic heterocycles. The van der Waals surface area contributed by atoms with Crippen LogP contribution in [0.1, 0.15) is 39.2 Å². The zero-order valence-electron chi connectivity index (χ0n) is 20.6. The molecule has 3 aliphatic heterocycles. The van der Waals surface area contributed by atoms with Crippen molar-refractivity contribution in [2.24, 2.45) is 5.41 Å². The van der Waals surface area contributed by atoms with Crippen LogP contribution < -0.4 is 9.64 Å². The SMILES string of the molecule is CC(C)(C)COC(=O)N1CCC2(CC1)Cc1cc(-c3ccc(N4CCOCC4)cc3)ccc1O2. The second-order valence-corrected chi connectivity index (χ2v) is 11.0. The number of piperidine rings is 1. The smallest absolute Gasteiger partial charge is 0.409 e. The summed E-state index contributed by atoms with van der Waals surface area (Å²) in [5.41, 5.74) is 4.72. The molecule has 2 aromatic carbocycles. The fraction of sp³-hybridized carbons (Fsp3) is 0.536. The Morgan fingerprint density at radius 3 is 2.32 bits per heavy atom. The van der Waals surface area contributed by atoms with Gasteiger partial charge in [-0.1, -0.05) is 39.0 Å². The summed E-state index contributed by atoms with van der Waals surface area (Å²) in [4.78, 5) is 16.6. The number of benzene rings is 2. The standard InChI is InChI=1S/C28H36N2O4/c1-27(2,3)20-33-26(31)30-12-10-28(11-13-30)19-23-18-22(6-9-25(23)34-28)21-4-7-24(8-5-21)29-14-16-32-17-15-29/h4-9,18H,10-17,19-20H2,1-3H3. The minimum absolute atomic E-state index is 0.0244. The Kier molecular flexibility index (Phi) is 6.19. The van der Waals surface area contributed by atoms with Gasteiger partial charge in [0.25, 0.3) is 0 Å². The third kappa shape index (κ3) is 5.02. The van der Waals surface area contributed by atoms with Crippen molar-refractivity contribution in [2.45, 2.75) is 45.6 Å². The van der Waals surface area contributed by atoms with E-state index in [1.54, 1.807) is 0 Å². The zero-order valence-corrected chi connectivity index (χ0v) is 20.6. The van der Waals surface area contributed by atoms with Gasteiger partial charge in [-0.2, -0.15) is 0 Å². The van der Waals surface area contributed by atoms with E-state index in [2.05, 4.69) is 68.1 Å². The highest BCUT2D eigenvalue weighted by molar-refractivity contribution is 5.69. The van der Waals surface area contributed by atoms with Gasteiger partial charge in [0.2, 0.25) is 0 Å². The van der Waals surface area contributed by atoms with Crippen LogP contribution in [0.5, 0.6) is 5.75 Å². The fourth-order valence-electron chi connectivity index (χ4n) is 5.04. The summed E-state index contributed by atoms with van der Waals surface area (Å²) in [7, 11) is 0.